The smallest absolute Gasteiger partial charge is 0.304 e. The average Bonchev–Trinajstić information content (AvgIpc) is 2.26. The number of hydrogen-bond donors (Lipinski definition) is 2. The number of carbonyl (C=O) groups is 1. The Labute approximate surface area is 119 Å². The Balaban J connectivity index is 3.16. The molecule has 8 nitrogen and oxygen atoms in total. The topological polar surface area (TPSA) is 127 Å². The van der Waals surface area contributed by atoms with Crippen molar-refractivity contribution >= 4 is 33.3 Å². The first-order chi connectivity index (χ1) is 9.13. The number of rotatable bonds is 6. The Morgan fingerprint density at radius 1 is 1.55 bits per heavy atom. The van der Waals surface area contributed by atoms with Crippen LogP contribution in [0.5, 0.6) is 0 Å². The first-order valence-electron chi connectivity index (χ1n) is 5.31. The number of halogens is 1. The minimum Gasteiger partial charge on any atom is -0.481 e. The zero-order valence-corrected chi connectivity index (χ0v) is 11.8. The largest absolute Gasteiger partial charge is 0.481 e. The molecular formula is C10H11ClN2O6S. The highest BCUT2D eigenvalue weighted by Crippen LogP contribution is 2.27. The van der Waals surface area contributed by atoms with Crippen molar-refractivity contribution in [2.24, 2.45) is 0 Å². The molecule has 0 radical (unpaired) electrons. The summed E-state index contributed by atoms with van der Waals surface area (Å²) in [5, 5.41) is 19.4. The van der Waals surface area contributed by atoms with Crippen molar-refractivity contribution in [2.45, 2.75) is 24.3 Å². The Kier molecular flexibility index (Phi) is 5.03. The van der Waals surface area contributed by atoms with Gasteiger partial charge in [0.15, 0.2) is 4.90 Å². The van der Waals surface area contributed by atoms with Crippen LogP contribution >= 0.6 is 11.6 Å². The summed E-state index contributed by atoms with van der Waals surface area (Å²) in [5.41, 5.74) is -0.674. The van der Waals surface area contributed by atoms with Crippen LogP contribution in [0.4, 0.5) is 5.69 Å². The molecule has 0 saturated heterocycles. The fourth-order valence-electron chi connectivity index (χ4n) is 1.49. The molecule has 0 bridgehead atoms. The van der Waals surface area contributed by atoms with Gasteiger partial charge < -0.3 is 5.11 Å². The van der Waals surface area contributed by atoms with Gasteiger partial charge in [0.05, 0.1) is 11.3 Å². The number of carboxylic acids is 1. The fourth-order valence-corrected chi connectivity index (χ4v) is 3.05. The molecule has 0 aliphatic carbocycles. The van der Waals surface area contributed by atoms with E-state index in [1.807, 2.05) is 0 Å². The molecule has 0 amide bonds. The lowest BCUT2D eigenvalue weighted by Gasteiger charge is -2.12. The number of carboxylic acid groups (broad SMARTS) is 1. The van der Waals surface area contributed by atoms with Crippen LogP contribution in [0.2, 0.25) is 5.02 Å². The van der Waals surface area contributed by atoms with E-state index in [1.165, 1.54) is 13.0 Å². The maximum Gasteiger partial charge on any atom is 0.304 e. The van der Waals surface area contributed by atoms with E-state index in [0.717, 1.165) is 12.1 Å². The Morgan fingerprint density at radius 2 is 2.15 bits per heavy atom. The van der Waals surface area contributed by atoms with Gasteiger partial charge in [-0.05, 0) is 19.1 Å². The molecular weight excluding hydrogens is 312 g/mol. The summed E-state index contributed by atoms with van der Waals surface area (Å²) in [6.07, 6.45) is -0.444. The van der Waals surface area contributed by atoms with Crippen molar-refractivity contribution in [1.29, 1.82) is 0 Å². The molecule has 2 N–H and O–H groups in total. The normalized spacial score (nSPS) is 12.9. The second kappa shape index (κ2) is 6.16. The molecule has 0 fully saturated rings. The quantitative estimate of drug-likeness (QED) is 0.602. The highest BCUT2D eigenvalue weighted by molar-refractivity contribution is 7.89. The lowest BCUT2D eigenvalue weighted by Crippen LogP contribution is -2.34. The standard InChI is InChI=1S/C10H11ClN2O6S/c1-6(4-10(14)15)12-20(18,19)9-3-2-7(11)5-8(9)13(16)17/h2-3,5-6,12H,4H2,1H3,(H,14,15). The summed E-state index contributed by atoms with van der Waals surface area (Å²) in [5.74, 6) is -1.19. The van der Waals surface area contributed by atoms with Crippen LogP contribution in [-0.4, -0.2) is 30.5 Å². The maximum atomic E-state index is 12.0. The summed E-state index contributed by atoms with van der Waals surface area (Å²) in [4.78, 5) is 19.9. The number of hydrogen-bond acceptors (Lipinski definition) is 5. The third kappa shape index (κ3) is 4.15. The van der Waals surface area contributed by atoms with Gasteiger partial charge in [-0.15, -0.1) is 0 Å². The van der Waals surface area contributed by atoms with Crippen molar-refractivity contribution in [3.8, 4) is 0 Å². The zero-order chi connectivity index (χ0) is 15.5. The summed E-state index contributed by atoms with van der Waals surface area (Å²) >= 11 is 5.59. The van der Waals surface area contributed by atoms with Gasteiger partial charge in [0.2, 0.25) is 10.0 Å². The minimum atomic E-state index is -4.21. The summed E-state index contributed by atoms with van der Waals surface area (Å²) in [6, 6.07) is 2.20. The van der Waals surface area contributed by atoms with E-state index < -0.39 is 44.0 Å². The highest BCUT2D eigenvalue weighted by atomic mass is 35.5. The monoisotopic (exact) mass is 322 g/mol. The third-order valence-electron chi connectivity index (χ3n) is 2.24. The molecule has 0 aromatic heterocycles. The Bertz CT molecular complexity index is 645. The predicted octanol–water partition coefficient (Wildman–Crippen LogP) is 1.39. The lowest BCUT2D eigenvalue weighted by molar-refractivity contribution is -0.387. The second-order valence-electron chi connectivity index (χ2n) is 3.99. The second-order valence-corrected chi connectivity index (χ2v) is 6.11. The van der Waals surface area contributed by atoms with E-state index in [4.69, 9.17) is 16.7 Å². The van der Waals surface area contributed by atoms with Gasteiger partial charge in [-0.1, -0.05) is 11.6 Å². The molecule has 10 heteroatoms. The number of benzene rings is 1. The van der Waals surface area contributed by atoms with E-state index in [0.29, 0.717) is 0 Å². The van der Waals surface area contributed by atoms with Crippen LogP contribution in [0.25, 0.3) is 0 Å². The number of nitrogens with one attached hydrogen (secondary N) is 1. The molecule has 0 spiro atoms. The molecule has 1 aromatic rings. The number of sulfonamides is 1. The Morgan fingerprint density at radius 3 is 2.65 bits per heavy atom. The van der Waals surface area contributed by atoms with Crippen molar-refractivity contribution in [1.82, 2.24) is 4.72 Å². The molecule has 1 rings (SSSR count). The van der Waals surface area contributed by atoms with Crippen molar-refractivity contribution < 1.29 is 23.2 Å². The fraction of sp³-hybridized carbons (Fsp3) is 0.300. The van der Waals surface area contributed by atoms with E-state index in [1.54, 1.807) is 0 Å². The van der Waals surface area contributed by atoms with Crippen molar-refractivity contribution in [3.63, 3.8) is 0 Å². The number of aliphatic carboxylic acids is 1. The minimum absolute atomic E-state index is 0.0224. The van der Waals surface area contributed by atoms with Crippen LogP contribution in [0.15, 0.2) is 23.1 Å². The van der Waals surface area contributed by atoms with Crippen molar-refractivity contribution in [3.05, 3.63) is 33.3 Å². The average molecular weight is 323 g/mol. The van der Waals surface area contributed by atoms with E-state index in [-0.39, 0.29) is 5.02 Å². The Hall–Kier alpha value is -1.71. The van der Waals surface area contributed by atoms with Crippen LogP contribution in [0, 0.1) is 10.1 Å². The maximum absolute atomic E-state index is 12.0. The van der Waals surface area contributed by atoms with Gasteiger partial charge in [0.25, 0.3) is 5.69 Å². The van der Waals surface area contributed by atoms with Gasteiger partial charge in [0.1, 0.15) is 0 Å². The van der Waals surface area contributed by atoms with Gasteiger partial charge in [0, 0.05) is 17.1 Å². The molecule has 110 valence electrons. The molecule has 0 heterocycles. The van der Waals surface area contributed by atoms with Gasteiger partial charge >= 0.3 is 5.97 Å². The molecule has 0 saturated carbocycles. The zero-order valence-electron chi connectivity index (χ0n) is 10.2. The van der Waals surface area contributed by atoms with Crippen LogP contribution in [0.1, 0.15) is 13.3 Å². The van der Waals surface area contributed by atoms with Gasteiger partial charge in [-0.25, -0.2) is 13.1 Å². The molecule has 0 aliphatic rings. The molecule has 1 aromatic carbocycles. The molecule has 20 heavy (non-hydrogen) atoms. The SMILES string of the molecule is CC(CC(=O)O)NS(=O)(=O)c1ccc(Cl)cc1[N+](=O)[O-]. The first kappa shape index (κ1) is 16.3. The summed E-state index contributed by atoms with van der Waals surface area (Å²) < 4.78 is 26.1. The van der Waals surface area contributed by atoms with E-state index in [9.17, 15) is 23.3 Å². The van der Waals surface area contributed by atoms with Gasteiger partial charge in [-0.3, -0.25) is 14.9 Å². The molecule has 1 atom stereocenters. The molecule has 0 aliphatic heterocycles. The van der Waals surface area contributed by atoms with E-state index >= 15 is 0 Å². The molecule has 1 unspecified atom stereocenters. The predicted molar refractivity (Wildman–Crippen MR) is 70.1 cm³/mol. The van der Waals surface area contributed by atoms with Gasteiger partial charge in [-0.2, -0.15) is 0 Å². The summed E-state index contributed by atoms with van der Waals surface area (Å²) in [7, 11) is -4.21. The van der Waals surface area contributed by atoms with Crippen LogP contribution in [-0.2, 0) is 14.8 Å². The van der Waals surface area contributed by atoms with Crippen LogP contribution < -0.4 is 4.72 Å². The number of nitro benzene ring substituents is 1. The first-order valence-corrected chi connectivity index (χ1v) is 7.17. The van der Waals surface area contributed by atoms with E-state index in [2.05, 4.69) is 4.72 Å². The highest BCUT2D eigenvalue weighted by Gasteiger charge is 2.27. The number of nitro groups is 1. The summed E-state index contributed by atoms with van der Waals surface area (Å²) in [6.45, 7) is 1.34. The third-order valence-corrected chi connectivity index (χ3v) is 4.12. The van der Waals surface area contributed by atoms with Crippen LogP contribution in [0.3, 0.4) is 0 Å². The lowest BCUT2D eigenvalue weighted by atomic mass is 10.3. The van der Waals surface area contributed by atoms with Crippen molar-refractivity contribution in [2.75, 3.05) is 0 Å². The number of nitrogens with zero attached hydrogens (tertiary/aromatic N) is 1.